The lowest BCUT2D eigenvalue weighted by molar-refractivity contribution is -0.120. The third-order valence-electron chi connectivity index (χ3n) is 5.22. The number of hydrogen-bond donors (Lipinski definition) is 3. The molecule has 1 aliphatic heterocycles. The molecule has 1 aromatic carbocycles. The molecule has 1 saturated heterocycles. The molecular weight excluding hydrogens is 417 g/mol. The molecule has 0 bridgehead atoms. The van der Waals surface area contributed by atoms with Crippen LogP contribution in [0.15, 0.2) is 54.7 Å². The number of halogens is 2. The number of anilines is 2. The highest BCUT2D eigenvalue weighted by atomic mass is 35.5. The predicted molar refractivity (Wildman–Crippen MR) is 120 cm³/mol. The molecular formula is C23H23ClFN5O. The summed E-state index contributed by atoms with van der Waals surface area (Å²) in [4.78, 5) is 21.3. The van der Waals surface area contributed by atoms with Gasteiger partial charge < -0.3 is 16.0 Å². The predicted octanol–water partition coefficient (Wildman–Crippen LogP) is 4.49. The lowest BCUT2D eigenvalue weighted by atomic mass is 9.99. The Morgan fingerprint density at radius 1 is 1.19 bits per heavy atom. The van der Waals surface area contributed by atoms with Crippen LogP contribution in [-0.2, 0) is 11.3 Å². The molecule has 6 nitrogen and oxygen atoms in total. The highest BCUT2D eigenvalue weighted by Gasteiger charge is 2.21. The molecule has 3 aromatic rings. The van der Waals surface area contributed by atoms with E-state index in [-0.39, 0.29) is 17.6 Å². The van der Waals surface area contributed by atoms with Crippen molar-refractivity contribution in [3.05, 3.63) is 71.1 Å². The van der Waals surface area contributed by atoms with E-state index in [9.17, 15) is 9.18 Å². The van der Waals surface area contributed by atoms with Crippen LogP contribution in [0.5, 0.6) is 0 Å². The maximum atomic E-state index is 13.8. The molecule has 1 fully saturated rings. The van der Waals surface area contributed by atoms with Crippen molar-refractivity contribution in [2.24, 2.45) is 5.92 Å². The minimum absolute atomic E-state index is 0.0544. The molecule has 0 spiro atoms. The molecule has 3 heterocycles. The summed E-state index contributed by atoms with van der Waals surface area (Å²) in [6.07, 6.45) is 3.34. The summed E-state index contributed by atoms with van der Waals surface area (Å²) in [7, 11) is 0. The zero-order valence-corrected chi connectivity index (χ0v) is 17.6. The van der Waals surface area contributed by atoms with Crippen LogP contribution < -0.4 is 16.0 Å². The Balaban J connectivity index is 1.49. The summed E-state index contributed by atoms with van der Waals surface area (Å²) in [5.74, 6) is 0.630. The van der Waals surface area contributed by atoms with Gasteiger partial charge in [-0.3, -0.25) is 4.79 Å². The maximum Gasteiger partial charge on any atom is 0.229 e. The lowest BCUT2D eigenvalue weighted by Crippen LogP contribution is -2.37. The second-order valence-corrected chi connectivity index (χ2v) is 7.84. The first kappa shape index (κ1) is 21.2. The van der Waals surface area contributed by atoms with Crippen LogP contribution in [0.1, 0.15) is 18.4 Å². The molecule has 160 valence electrons. The standard InChI is InChI=1S/C23H23ClFN5O/c24-18-14-28-22(30-23(31)16-6-4-10-26-12-16)11-17(18)20-8-3-9-21(29-20)27-13-15-5-1-2-7-19(15)25/h1-3,5,7-9,11,14,16,26H,4,6,10,12-13H2,(H,27,29)(H,28,30,31)/t16-/m1/s1. The lowest BCUT2D eigenvalue weighted by Gasteiger charge is -2.21. The Morgan fingerprint density at radius 2 is 2.06 bits per heavy atom. The van der Waals surface area contributed by atoms with Crippen molar-refractivity contribution in [2.75, 3.05) is 23.7 Å². The number of aromatic nitrogens is 2. The SMILES string of the molecule is O=C(Nc1cc(-c2cccc(NCc3ccccc3F)n2)c(Cl)cn1)[C@@H]1CCCNC1. The molecule has 1 atom stereocenters. The van der Waals surface area contributed by atoms with E-state index in [0.29, 0.717) is 46.6 Å². The molecule has 0 aliphatic carbocycles. The number of hydrogen-bond acceptors (Lipinski definition) is 5. The normalized spacial score (nSPS) is 16.0. The van der Waals surface area contributed by atoms with Crippen LogP contribution in [0.2, 0.25) is 5.02 Å². The van der Waals surface area contributed by atoms with E-state index in [1.165, 1.54) is 12.3 Å². The number of amides is 1. The molecule has 0 saturated carbocycles. The largest absolute Gasteiger partial charge is 0.366 e. The van der Waals surface area contributed by atoms with Gasteiger partial charge in [-0.25, -0.2) is 14.4 Å². The van der Waals surface area contributed by atoms with Crippen LogP contribution in [0.4, 0.5) is 16.0 Å². The second-order valence-electron chi connectivity index (χ2n) is 7.43. The van der Waals surface area contributed by atoms with E-state index in [1.807, 2.05) is 12.1 Å². The van der Waals surface area contributed by atoms with Crippen molar-refractivity contribution in [2.45, 2.75) is 19.4 Å². The summed E-state index contributed by atoms with van der Waals surface area (Å²) < 4.78 is 13.8. The fourth-order valence-corrected chi connectivity index (χ4v) is 3.72. The van der Waals surface area contributed by atoms with Crippen molar-refractivity contribution in [1.82, 2.24) is 15.3 Å². The highest BCUT2D eigenvalue weighted by Crippen LogP contribution is 2.29. The van der Waals surface area contributed by atoms with Crippen LogP contribution in [-0.4, -0.2) is 29.0 Å². The van der Waals surface area contributed by atoms with Gasteiger partial charge in [-0.15, -0.1) is 0 Å². The third-order valence-corrected chi connectivity index (χ3v) is 5.52. The molecule has 3 N–H and O–H groups in total. The Kier molecular flexibility index (Phi) is 6.74. The van der Waals surface area contributed by atoms with Crippen molar-refractivity contribution < 1.29 is 9.18 Å². The molecule has 1 aliphatic rings. The van der Waals surface area contributed by atoms with Gasteiger partial charge in [0.2, 0.25) is 5.91 Å². The Labute approximate surface area is 185 Å². The first-order chi connectivity index (χ1) is 15.1. The van der Waals surface area contributed by atoms with E-state index < -0.39 is 0 Å². The van der Waals surface area contributed by atoms with Gasteiger partial charge in [0.1, 0.15) is 17.5 Å². The number of benzene rings is 1. The van der Waals surface area contributed by atoms with Crippen molar-refractivity contribution in [3.63, 3.8) is 0 Å². The Hall–Kier alpha value is -3.03. The van der Waals surface area contributed by atoms with E-state index in [4.69, 9.17) is 11.6 Å². The van der Waals surface area contributed by atoms with Crippen molar-refractivity contribution in [1.29, 1.82) is 0 Å². The van der Waals surface area contributed by atoms with Gasteiger partial charge in [0.05, 0.1) is 16.6 Å². The van der Waals surface area contributed by atoms with Gasteiger partial charge >= 0.3 is 0 Å². The van der Waals surface area contributed by atoms with Gasteiger partial charge in [-0.2, -0.15) is 0 Å². The van der Waals surface area contributed by atoms with Gasteiger partial charge in [0, 0.05) is 30.4 Å². The number of nitrogens with zero attached hydrogens (tertiary/aromatic N) is 2. The van der Waals surface area contributed by atoms with E-state index in [0.717, 1.165) is 19.4 Å². The first-order valence-corrected chi connectivity index (χ1v) is 10.6. The smallest absolute Gasteiger partial charge is 0.229 e. The van der Waals surface area contributed by atoms with E-state index in [2.05, 4.69) is 25.9 Å². The summed E-state index contributed by atoms with van der Waals surface area (Å²) >= 11 is 6.37. The number of piperidine rings is 1. The molecule has 0 unspecified atom stereocenters. The molecule has 2 aromatic heterocycles. The van der Waals surface area contributed by atoms with Crippen LogP contribution in [0.25, 0.3) is 11.3 Å². The zero-order valence-electron chi connectivity index (χ0n) is 16.9. The van der Waals surface area contributed by atoms with Gasteiger partial charge in [0.15, 0.2) is 0 Å². The zero-order chi connectivity index (χ0) is 21.6. The topological polar surface area (TPSA) is 78.9 Å². The van der Waals surface area contributed by atoms with Gasteiger partial charge in [-0.1, -0.05) is 35.9 Å². The monoisotopic (exact) mass is 439 g/mol. The fraction of sp³-hybridized carbons (Fsp3) is 0.261. The Bertz CT molecular complexity index is 1070. The average Bonchev–Trinajstić information content (AvgIpc) is 2.80. The summed E-state index contributed by atoms with van der Waals surface area (Å²) in [5, 5.41) is 9.68. The summed E-state index contributed by atoms with van der Waals surface area (Å²) in [5.41, 5.74) is 1.84. The molecule has 1 amide bonds. The quantitative estimate of drug-likeness (QED) is 0.527. The number of nitrogens with one attached hydrogen (secondary N) is 3. The molecule has 31 heavy (non-hydrogen) atoms. The van der Waals surface area contributed by atoms with Crippen molar-refractivity contribution >= 4 is 29.1 Å². The number of carbonyl (C=O) groups excluding carboxylic acids is 1. The highest BCUT2D eigenvalue weighted by molar-refractivity contribution is 6.33. The average molecular weight is 440 g/mol. The first-order valence-electron chi connectivity index (χ1n) is 10.2. The fourth-order valence-electron chi connectivity index (χ4n) is 3.52. The third kappa shape index (κ3) is 5.37. The van der Waals surface area contributed by atoms with Crippen LogP contribution in [0, 0.1) is 11.7 Å². The summed E-state index contributed by atoms with van der Waals surface area (Å²) in [6.45, 7) is 1.92. The number of pyridine rings is 2. The van der Waals surface area contributed by atoms with Gasteiger partial charge in [-0.05, 0) is 43.7 Å². The minimum Gasteiger partial charge on any atom is -0.366 e. The van der Waals surface area contributed by atoms with E-state index in [1.54, 1.807) is 30.3 Å². The van der Waals surface area contributed by atoms with E-state index >= 15 is 0 Å². The van der Waals surface area contributed by atoms with Crippen molar-refractivity contribution in [3.8, 4) is 11.3 Å². The summed E-state index contributed by atoms with van der Waals surface area (Å²) in [6, 6.07) is 13.8. The maximum absolute atomic E-state index is 13.8. The Morgan fingerprint density at radius 3 is 2.87 bits per heavy atom. The van der Waals surface area contributed by atoms with Crippen LogP contribution >= 0.6 is 11.6 Å². The van der Waals surface area contributed by atoms with Crippen LogP contribution in [0.3, 0.4) is 0 Å². The second kappa shape index (κ2) is 9.85. The molecule has 4 rings (SSSR count). The molecule has 8 heteroatoms. The number of rotatable bonds is 6. The van der Waals surface area contributed by atoms with Gasteiger partial charge in [0.25, 0.3) is 0 Å². The molecule has 0 radical (unpaired) electrons. The number of carbonyl (C=O) groups is 1. The minimum atomic E-state index is -0.267.